The molecule has 0 aromatic heterocycles. The predicted molar refractivity (Wildman–Crippen MR) is 50.0 cm³/mol. The Kier molecular flexibility index (Phi) is 3.97. The summed E-state index contributed by atoms with van der Waals surface area (Å²) in [6.07, 6.45) is -2.54. The second-order valence-corrected chi connectivity index (χ2v) is 4.21. The highest BCUT2D eigenvalue weighted by atomic mass is 19.4. The zero-order chi connectivity index (χ0) is 11.5. The lowest BCUT2D eigenvalue weighted by atomic mass is 9.98. The summed E-state index contributed by atoms with van der Waals surface area (Å²) in [4.78, 5) is 1.74. The van der Waals surface area contributed by atoms with Crippen molar-refractivity contribution in [1.29, 1.82) is 5.26 Å². The molecule has 0 aromatic rings. The minimum absolute atomic E-state index is 0.174. The minimum Gasteiger partial charge on any atom is -0.302 e. The van der Waals surface area contributed by atoms with Gasteiger partial charge in [0.15, 0.2) is 5.92 Å². The summed E-state index contributed by atoms with van der Waals surface area (Å²) in [5.41, 5.74) is 0. The van der Waals surface area contributed by atoms with Gasteiger partial charge in [0.25, 0.3) is 0 Å². The monoisotopic (exact) mass is 220 g/mol. The van der Waals surface area contributed by atoms with Gasteiger partial charge in [0.2, 0.25) is 0 Å². The van der Waals surface area contributed by atoms with Gasteiger partial charge in [0.1, 0.15) is 0 Å². The summed E-state index contributed by atoms with van der Waals surface area (Å²) in [6, 6.07) is 1.33. The lowest BCUT2D eigenvalue weighted by molar-refractivity contribution is -0.163. The van der Waals surface area contributed by atoms with Gasteiger partial charge in [-0.15, -0.1) is 0 Å². The average molecular weight is 220 g/mol. The van der Waals surface area contributed by atoms with Gasteiger partial charge in [-0.2, -0.15) is 18.4 Å². The molecule has 0 amide bonds. The van der Waals surface area contributed by atoms with Crippen molar-refractivity contribution >= 4 is 0 Å². The van der Waals surface area contributed by atoms with Crippen LogP contribution in [-0.2, 0) is 0 Å². The highest BCUT2D eigenvalue weighted by molar-refractivity contribution is 4.91. The molecular formula is C10H15F3N2. The van der Waals surface area contributed by atoms with Crippen LogP contribution in [0.5, 0.6) is 0 Å². The molecule has 0 saturated carbocycles. The molecule has 1 aliphatic heterocycles. The fraction of sp³-hybridized carbons (Fsp3) is 0.900. The first-order valence-corrected chi connectivity index (χ1v) is 5.12. The number of nitriles is 1. The first-order valence-electron chi connectivity index (χ1n) is 5.12. The molecule has 0 spiro atoms. The molecule has 1 heterocycles. The minimum atomic E-state index is -4.39. The first kappa shape index (κ1) is 12.3. The van der Waals surface area contributed by atoms with Crippen LogP contribution in [0.25, 0.3) is 0 Å². The van der Waals surface area contributed by atoms with Gasteiger partial charge < -0.3 is 4.90 Å². The second-order valence-electron chi connectivity index (χ2n) is 4.21. The molecule has 0 aromatic carbocycles. The van der Waals surface area contributed by atoms with Crippen LogP contribution in [0.2, 0.25) is 0 Å². The lowest BCUT2D eigenvalue weighted by Gasteiger charge is -2.31. The van der Waals surface area contributed by atoms with Crippen molar-refractivity contribution in [3.05, 3.63) is 0 Å². The Morgan fingerprint density at radius 1 is 1.40 bits per heavy atom. The molecule has 1 unspecified atom stereocenters. The third kappa shape index (κ3) is 3.71. The van der Waals surface area contributed by atoms with Gasteiger partial charge in [-0.05, 0) is 31.8 Å². The zero-order valence-corrected chi connectivity index (χ0v) is 8.72. The van der Waals surface area contributed by atoms with Crippen molar-refractivity contribution in [2.75, 3.05) is 19.6 Å². The van der Waals surface area contributed by atoms with Gasteiger partial charge >= 0.3 is 6.18 Å². The van der Waals surface area contributed by atoms with Gasteiger partial charge in [-0.3, -0.25) is 0 Å². The van der Waals surface area contributed by atoms with Gasteiger partial charge in [0, 0.05) is 6.54 Å². The molecule has 5 heteroatoms. The largest absolute Gasteiger partial charge is 0.405 e. The van der Waals surface area contributed by atoms with Crippen LogP contribution >= 0.6 is 0 Å². The van der Waals surface area contributed by atoms with Crippen LogP contribution in [-0.4, -0.2) is 30.7 Å². The van der Waals surface area contributed by atoms with Crippen LogP contribution < -0.4 is 0 Å². The highest BCUT2D eigenvalue weighted by Gasteiger charge is 2.41. The van der Waals surface area contributed by atoms with E-state index in [1.54, 1.807) is 4.90 Å². The number of hydrogen-bond donors (Lipinski definition) is 0. The number of likely N-dealkylation sites (tertiary alicyclic amines) is 1. The van der Waals surface area contributed by atoms with E-state index in [2.05, 4.69) is 6.92 Å². The van der Waals surface area contributed by atoms with Crippen LogP contribution in [0.4, 0.5) is 13.2 Å². The Morgan fingerprint density at radius 2 is 1.93 bits per heavy atom. The molecule has 0 bridgehead atoms. The Balaban J connectivity index is 2.44. The molecule has 1 atom stereocenters. The zero-order valence-electron chi connectivity index (χ0n) is 8.72. The third-order valence-corrected chi connectivity index (χ3v) is 2.87. The quantitative estimate of drug-likeness (QED) is 0.714. The molecule has 1 rings (SSSR count). The molecule has 0 N–H and O–H groups in total. The summed E-state index contributed by atoms with van der Waals surface area (Å²) in [6.45, 7) is 3.28. The number of nitrogens with zero attached hydrogens (tertiary/aromatic N) is 2. The van der Waals surface area contributed by atoms with Crippen molar-refractivity contribution in [1.82, 2.24) is 4.90 Å². The van der Waals surface area contributed by atoms with E-state index in [9.17, 15) is 13.2 Å². The molecule has 86 valence electrons. The fourth-order valence-electron chi connectivity index (χ4n) is 1.72. The maximum atomic E-state index is 12.3. The summed E-state index contributed by atoms with van der Waals surface area (Å²) in [5.74, 6) is -1.25. The van der Waals surface area contributed by atoms with Crippen LogP contribution in [0.1, 0.15) is 19.8 Å². The van der Waals surface area contributed by atoms with Crippen LogP contribution in [0.15, 0.2) is 0 Å². The normalized spacial score (nSPS) is 22.3. The molecule has 1 fully saturated rings. The Hall–Kier alpha value is -0.760. The predicted octanol–water partition coefficient (Wildman–Crippen LogP) is 2.42. The number of alkyl halides is 3. The van der Waals surface area contributed by atoms with E-state index in [4.69, 9.17) is 5.26 Å². The van der Waals surface area contributed by atoms with Crippen molar-refractivity contribution in [2.24, 2.45) is 11.8 Å². The van der Waals surface area contributed by atoms with E-state index in [0.717, 1.165) is 12.8 Å². The molecule has 15 heavy (non-hydrogen) atoms. The van der Waals surface area contributed by atoms with Gasteiger partial charge in [0.05, 0.1) is 6.07 Å². The smallest absolute Gasteiger partial charge is 0.302 e. The number of piperidine rings is 1. The average Bonchev–Trinajstić information content (AvgIpc) is 2.15. The van der Waals surface area contributed by atoms with Crippen molar-refractivity contribution in [3.8, 4) is 6.07 Å². The molecule has 1 aliphatic rings. The van der Waals surface area contributed by atoms with Crippen molar-refractivity contribution in [3.63, 3.8) is 0 Å². The number of hydrogen-bond acceptors (Lipinski definition) is 2. The Labute approximate surface area is 87.7 Å². The van der Waals surface area contributed by atoms with Gasteiger partial charge in [-0.25, -0.2) is 0 Å². The fourth-order valence-corrected chi connectivity index (χ4v) is 1.72. The summed E-state index contributed by atoms with van der Waals surface area (Å²) in [5, 5.41) is 8.45. The first-order chi connectivity index (χ1) is 6.93. The van der Waals surface area contributed by atoms with Gasteiger partial charge in [-0.1, -0.05) is 6.92 Å². The van der Waals surface area contributed by atoms with Crippen LogP contribution in [0.3, 0.4) is 0 Å². The standard InChI is InChI=1S/C10H15F3N2/c1-8-2-4-15(5-3-8)7-9(6-14)10(11,12)13/h8-9H,2-5,7H2,1H3. The summed E-state index contributed by atoms with van der Waals surface area (Å²) >= 11 is 0. The molecule has 2 nitrogen and oxygen atoms in total. The summed E-state index contributed by atoms with van der Waals surface area (Å²) in [7, 11) is 0. The molecule has 0 aliphatic carbocycles. The molecular weight excluding hydrogens is 205 g/mol. The van der Waals surface area contributed by atoms with Crippen LogP contribution in [0, 0.1) is 23.2 Å². The Morgan fingerprint density at radius 3 is 2.33 bits per heavy atom. The van der Waals surface area contributed by atoms with E-state index in [0.29, 0.717) is 19.0 Å². The number of rotatable bonds is 2. The van der Waals surface area contributed by atoms with E-state index in [1.165, 1.54) is 6.07 Å². The van der Waals surface area contributed by atoms with E-state index in [1.807, 2.05) is 0 Å². The SMILES string of the molecule is CC1CCN(CC(C#N)C(F)(F)F)CC1. The summed E-state index contributed by atoms with van der Waals surface area (Å²) < 4.78 is 36.9. The maximum absolute atomic E-state index is 12.3. The molecule has 0 radical (unpaired) electrons. The van der Waals surface area contributed by atoms with E-state index < -0.39 is 12.1 Å². The second kappa shape index (κ2) is 4.84. The lowest BCUT2D eigenvalue weighted by Crippen LogP contribution is -2.40. The van der Waals surface area contributed by atoms with E-state index >= 15 is 0 Å². The van der Waals surface area contributed by atoms with E-state index in [-0.39, 0.29) is 6.54 Å². The van der Waals surface area contributed by atoms with Crippen molar-refractivity contribution < 1.29 is 13.2 Å². The van der Waals surface area contributed by atoms with Crippen molar-refractivity contribution in [2.45, 2.75) is 25.9 Å². The number of halogens is 3. The third-order valence-electron chi connectivity index (χ3n) is 2.87. The Bertz CT molecular complexity index is 236. The maximum Gasteiger partial charge on any atom is 0.405 e. The molecule has 1 saturated heterocycles. The highest BCUT2D eigenvalue weighted by Crippen LogP contribution is 2.27. The topological polar surface area (TPSA) is 27.0 Å².